The molecule has 0 aliphatic rings. The summed E-state index contributed by atoms with van der Waals surface area (Å²) >= 11 is 5.99. The van der Waals surface area contributed by atoms with Crippen LogP contribution in [0.5, 0.6) is 5.75 Å². The average Bonchev–Trinajstić information content (AvgIpc) is 3.05. The summed E-state index contributed by atoms with van der Waals surface area (Å²) in [6.07, 6.45) is 1.66. The van der Waals surface area contributed by atoms with Crippen molar-refractivity contribution in [1.29, 1.82) is 0 Å². The van der Waals surface area contributed by atoms with E-state index in [2.05, 4.69) is 34.7 Å². The van der Waals surface area contributed by atoms with Crippen LogP contribution in [0, 0.1) is 13.8 Å². The van der Waals surface area contributed by atoms with Gasteiger partial charge in [-0.2, -0.15) is 5.10 Å². The van der Waals surface area contributed by atoms with Gasteiger partial charge in [0.2, 0.25) is 0 Å². The van der Waals surface area contributed by atoms with Crippen LogP contribution in [-0.2, 0) is 11.3 Å². The normalized spacial score (nSPS) is 10.6. The number of ether oxygens (including phenoxy) is 1. The minimum Gasteiger partial charge on any atom is -0.484 e. The van der Waals surface area contributed by atoms with Gasteiger partial charge >= 0.3 is 0 Å². The predicted octanol–water partition coefficient (Wildman–Crippen LogP) is 4.22. The Hall–Kier alpha value is -2.79. The first-order valence-electron chi connectivity index (χ1n) is 8.27. The maximum Gasteiger partial charge on any atom is 0.263 e. The molecule has 1 heterocycles. The molecule has 0 fully saturated rings. The molecule has 0 aliphatic heterocycles. The summed E-state index contributed by atoms with van der Waals surface area (Å²) in [7, 11) is 0. The largest absolute Gasteiger partial charge is 0.484 e. The zero-order valence-corrected chi connectivity index (χ0v) is 15.5. The highest BCUT2D eigenvalue weighted by molar-refractivity contribution is 6.31. The third-order valence-corrected chi connectivity index (χ3v) is 4.36. The molecule has 0 bridgehead atoms. The molecule has 0 saturated carbocycles. The Morgan fingerprint density at radius 2 is 1.92 bits per heavy atom. The van der Waals surface area contributed by atoms with Gasteiger partial charge in [-0.05, 0) is 43.2 Å². The van der Waals surface area contributed by atoms with Gasteiger partial charge < -0.3 is 10.1 Å². The maximum atomic E-state index is 12.2. The molecule has 0 atom stereocenters. The number of nitrogens with one attached hydrogen (secondary N) is 1. The van der Waals surface area contributed by atoms with Gasteiger partial charge in [0.1, 0.15) is 11.6 Å². The van der Waals surface area contributed by atoms with Crippen LogP contribution < -0.4 is 10.1 Å². The van der Waals surface area contributed by atoms with Crippen LogP contribution in [0.3, 0.4) is 0 Å². The van der Waals surface area contributed by atoms with Gasteiger partial charge in [0.15, 0.2) is 6.61 Å². The first kappa shape index (κ1) is 18.0. The molecule has 0 radical (unpaired) electrons. The predicted molar refractivity (Wildman–Crippen MR) is 103 cm³/mol. The lowest BCUT2D eigenvalue weighted by Crippen LogP contribution is -2.22. The summed E-state index contributed by atoms with van der Waals surface area (Å²) in [6.45, 7) is 4.43. The van der Waals surface area contributed by atoms with Crippen molar-refractivity contribution in [3.05, 3.63) is 76.4 Å². The highest BCUT2D eigenvalue weighted by Crippen LogP contribution is 2.21. The fourth-order valence-electron chi connectivity index (χ4n) is 2.47. The van der Waals surface area contributed by atoms with Gasteiger partial charge in [-0.15, -0.1) is 0 Å². The molecule has 0 spiro atoms. The highest BCUT2D eigenvalue weighted by atomic mass is 35.5. The molecule has 0 unspecified atom stereocenters. The number of halogens is 1. The fourth-order valence-corrected chi connectivity index (χ4v) is 2.58. The minimum absolute atomic E-state index is 0.0865. The van der Waals surface area contributed by atoms with E-state index in [4.69, 9.17) is 16.3 Å². The van der Waals surface area contributed by atoms with Crippen LogP contribution >= 0.6 is 11.6 Å². The van der Waals surface area contributed by atoms with Crippen molar-refractivity contribution in [1.82, 2.24) is 9.78 Å². The second-order valence-electron chi connectivity index (χ2n) is 6.11. The molecular formula is C20H20ClN3O2. The fraction of sp³-hybridized carbons (Fsp3) is 0.200. The number of amides is 1. The number of nitrogens with zero attached hydrogens (tertiary/aromatic N) is 2. The van der Waals surface area contributed by atoms with Crippen LogP contribution in [0.15, 0.2) is 54.7 Å². The molecule has 2 aromatic carbocycles. The first-order chi connectivity index (χ1) is 12.5. The Balaban J connectivity index is 1.58. The molecule has 134 valence electrons. The van der Waals surface area contributed by atoms with E-state index in [1.54, 1.807) is 35.1 Å². The molecule has 1 N–H and O–H groups in total. The summed E-state index contributed by atoms with van der Waals surface area (Å²) in [5, 5.41) is 7.77. The van der Waals surface area contributed by atoms with Gasteiger partial charge in [-0.1, -0.05) is 41.4 Å². The molecule has 0 aliphatic carbocycles. The Kier molecular flexibility index (Phi) is 5.58. The molecule has 3 aromatic rings. The second kappa shape index (κ2) is 8.06. The van der Waals surface area contributed by atoms with E-state index in [9.17, 15) is 4.79 Å². The summed E-state index contributed by atoms with van der Waals surface area (Å²) in [5.41, 5.74) is 3.22. The van der Waals surface area contributed by atoms with E-state index in [0.717, 1.165) is 11.1 Å². The molecular weight excluding hydrogens is 350 g/mol. The summed E-state index contributed by atoms with van der Waals surface area (Å²) < 4.78 is 7.27. The molecule has 5 nitrogen and oxygen atoms in total. The quantitative estimate of drug-likeness (QED) is 0.707. The van der Waals surface area contributed by atoms with Gasteiger partial charge in [-0.3, -0.25) is 4.79 Å². The van der Waals surface area contributed by atoms with Gasteiger partial charge in [-0.25, -0.2) is 4.68 Å². The monoisotopic (exact) mass is 369 g/mol. The van der Waals surface area contributed by atoms with E-state index >= 15 is 0 Å². The standard InChI is InChI=1S/C20H20ClN3O2/c1-14-3-5-16(6-4-14)12-24-19(9-10-22-24)23-20(25)13-26-17-7-8-18(21)15(2)11-17/h3-11H,12-13H2,1-2H3,(H,23,25). The summed E-state index contributed by atoms with van der Waals surface area (Å²) in [6, 6.07) is 15.3. The Bertz CT molecular complexity index is 904. The van der Waals surface area contributed by atoms with Crippen LogP contribution in [0.1, 0.15) is 16.7 Å². The number of anilines is 1. The van der Waals surface area contributed by atoms with Crippen LogP contribution in [-0.4, -0.2) is 22.3 Å². The molecule has 1 aromatic heterocycles. The van der Waals surface area contributed by atoms with Gasteiger partial charge in [0.25, 0.3) is 5.91 Å². The first-order valence-corrected chi connectivity index (χ1v) is 8.65. The van der Waals surface area contributed by atoms with Crippen molar-refractivity contribution in [3.8, 4) is 5.75 Å². The minimum atomic E-state index is -0.247. The van der Waals surface area contributed by atoms with E-state index < -0.39 is 0 Å². The zero-order valence-electron chi connectivity index (χ0n) is 14.7. The highest BCUT2D eigenvalue weighted by Gasteiger charge is 2.09. The molecule has 1 amide bonds. The van der Waals surface area contributed by atoms with Crippen LogP contribution in [0.2, 0.25) is 5.02 Å². The smallest absolute Gasteiger partial charge is 0.263 e. The van der Waals surface area contributed by atoms with E-state index in [1.807, 2.05) is 13.8 Å². The van der Waals surface area contributed by atoms with Gasteiger partial charge in [0, 0.05) is 11.1 Å². The van der Waals surface area contributed by atoms with Crippen molar-refractivity contribution >= 4 is 23.3 Å². The number of carbonyl (C=O) groups is 1. The number of hydrogen-bond donors (Lipinski definition) is 1. The lowest BCUT2D eigenvalue weighted by molar-refractivity contribution is -0.118. The van der Waals surface area contributed by atoms with E-state index in [-0.39, 0.29) is 12.5 Å². The summed E-state index contributed by atoms with van der Waals surface area (Å²) in [4.78, 5) is 12.2. The van der Waals surface area contributed by atoms with Gasteiger partial charge in [0.05, 0.1) is 12.7 Å². The zero-order chi connectivity index (χ0) is 18.5. The number of hydrogen-bond acceptors (Lipinski definition) is 3. The molecule has 6 heteroatoms. The van der Waals surface area contributed by atoms with Crippen molar-refractivity contribution in [2.45, 2.75) is 20.4 Å². The Morgan fingerprint density at radius 3 is 2.65 bits per heavy atom. The number of benzene rings is 2. The van der Waals surface area contributed by atoms with E-state index in [0.29, 0.717) is 23.1 Å². The SMILES string of the molecule is Cc1ccc(Cn2nccc2NC(=O)COc2ccc(Cl)c(C)c2)cc1. The van der Waals surface area contributed by atoms with Crippen LogP contribution in [0.25, 0.3) is 0 Å². The van der Waals surface area contributed by atoms with Crippen molar-refractivity contribution in [3.63, 3.8) is 0 Å². The van der Waals surface area contributed by atoms with Crippen molar-refractivity contribution in [2.75, 3.05) is 11.9 Å². The number of carbonyl (C=O) groups excluding carboxylic acids is 1. The summed E-state index contributed by atoms with van der Waals surface area (Å²) in [5.74, 6) is 0.991. The average molecular weight is 370 g/mol. The Labute approximate surface area is 157 Å². The van der Waals surface area contributed by atoms with Crippen molar-refractivity contribution < 1.29 is 9.53 Å². The number of rotatable bonds is 6. The number of aryl methyl sites for hydroxylation is 2. The lowest BCUT2D eigenvalue weighted by atomic mass is 10.1. The third-order valence-electron chi connectivity index (χ3n) is 3.94. The third kappa shape index (κ3) is 4.64. The number of aromatic nitrogens is 2. The maximum absolute atomic E-state index is 12.2. The van der Waals surface area contributed by atoms with Crippen LogP contribution in [0.4, 0.5) is 5.82 Å². The van der Waals surface area contributed by atoms with E-state index in [1.165, 1.54) is 5.56 Å². The molecule has 0 saturated heterocycles. The Morgan fingerprint density at radius 1 is 1.15 bits per heavy atom. The molecule has 26 heavy (non-hydrogen) atoms. The molecule has 3 rings (SSSR count). The second-order valence-corrected chi connectivity index (χ2v) is 6.51. The topological polar surface area (TPSA) is 56.2 Å². The lowest BCUT2D eigenvalue weighted by Gasteiger charge is -2.11. The van der Waals surface area contributed by atoms with Crippen molar-refractivity contribution in [2.24, 2.45) is 0 Å².